The van der Waals surface area contributed by atoms with Gasteiger partial charge in [-0.2, -0.15) is 0 Å². The van der Waals surface area contributed by atoms with Gasteiger partial charge in [0.05, 0.1) is 0 Å². The summed E-state index contributed by atoms with van der Waals surface area (Å²) in [6.45, 7) is 7.10. The van der Waals surface area contributed by atoms with E-state index in [2.05, 4.69) is 26.8 Å². The fourth-order valence-corrected chi connectivity index (χ4v) is 2.18. The molecule has 3 heteroatoms. The Kier molecular flexibility index (Phi) is 2.57. The molecular formula is C13H16BNO. The van der Waals surface area contributed by atoms with E-state index in [9.17, 15) is 4.79 Å². The van der Waals surface area contributed by atoms with Gasteiger partial charge in [-0.1, -0.05) is 32.9 Å². The lowest BCUT2D eigenvalue weighted by molar-refractivity contribution is 0.0880. The van der Waals surface area contributed by atoms with Crippen LogP contribution in [-0.4, -0.2) is 18.7 Å². The molecule has 0 fully saturated rings. The molecule has 0 unspecified atom stereocenters. The van der Waals surface area contributed by atoms with Gasteiger partial charge in [-0.25, -0.2) is 0 Å². The van der Waals surface area contributed by atoms with E-state index in [1.165, 1.54) is 10.4 Å². The lowest BCUT2D eigenvalue weighted by atomic mass is 9.79. The minimum Gasteiger partial charge on any atom is -0.389 e. The summed E-state index contributed by atoms with van der Waals surface area (Å²) in [7, 11) is 5.67. The molecular weight excluding hydrogens is 197 g/mol. The first kappa shape index (κ1) is 11.2. The number of carbonyl (C=O) groups is 1. The van der Waals surface area contributed by atoms with E-state index < -0.39 is 0 Å². The van der Waals surface area contributed by atoms with Crippen LogP contribution >= 0.6 is 0 Å². The second kappa shape index (κ2) is 3.65. The van der Waals surface area contributed by atoms with Gasteiger partial charge < -0.3 is 4.81 Å². The Balaban J connectivity index is 2.56. The maximum atomic E-state index is 11.8. The first-order valence-corrected chi connectivity index (χ1v) is 5.66. The average Bonchev–Trinajstić information content (AvgIpc) is 2.55. The molecule has 2 nitrogen and oxygen atoms in total. The van der Waals surface area contributed by atoms with Crippen molar-refractivity contribution in [3.05, 3.63) is 34.9 Å². The van der Waals surface area contributed by atoms with Crippen LogP contribution in [0.3, 0.4) is 0 Å². The van der Waals surface area contributed by atoms with Gasteiger partial charge in [-0.3, -0.25) is 4.79 Å². The number of amides is 1. The molecule has 0 aromatic heterocycles. The van der Waals surface area contributed by atoms with Crippen molar-refractivity contribution in [1.29, 1.82) is 0 Å². The fourth-order valence-electron chi connectivity index (χ4n) is 2.18. The van der Waals surface area contributed by atoms with E-state index in [-0.39, 0.29) is 11.3 Å². The van der Waals surface area contributed by atoms with Crippen LogP contribution < -0.4 is 0 Å². The standard InChI is InChI=1S/C13H16BNO/c1-4-13(2,3)11-7-5-6-9-10(11)8-15(14)12(9)16/h5-7H,4,8H2,1-3H3. The Labute approximate surface area is 98.1 Å². The third kappa shape index (κ3) is 1.55. The van der Waals surface area contributed by atoms with E-state index in [1.807, 2.05) is 12.1 Å². The molecule has 0 bridgehead atoms. The Morgan fingerprint density at radius 2 is 2.12 bits per heavy atom. The lowest BCUT2D eigenvalue weighted by Crippen LogP contribution is -2.20. The SMILES string of the molecule is [B]N1Cc2c(cccc2C(C)(C)CC)C1=O. The second-order valence-electron chi connectivity index (χ2n) is 5.00. The zero-order chi connectivity index (χ0) is 11.9. The number of rotatable bonds is 2. The van der Waals surface area contributed by atoms with Gasteiger partial charge >= 0.3 is 0 Å². The minimum absolute atomic E-state index is 0.0660. The molecule has 1 aromatic carbocycles. The highest BCUT2D eigenvalue weighted by Gasteiger charge is 2.30. The maximum absolute atomic E-state index is 11.8. The second-order valence-corrected chi connectivity index (χ2v) is 5.00. The number of benzene rings is 1. The van der Waals surface area contributed by atoms with E-state index in [0.717, 1.165) is 17.5 Å². The molecule has 0 N–H and O–H groups in total. The molecule has 1 amide bonds. The van der Waals surface area contributed by atoms with Crippen molar-refractivity contribution in [2.75, 3.05) is 0 Å². The number of hydrogen-bond acceptors (Lipinski definition) is 1. The molecule has 82 valence electrons. The summed E-state index contributed by atoms with van der Waals surface area (Å²) in [4.78, 5) is 13.1. The summed E-state index contributed by atoms with van der Waals surface area (Å²) in [5, 5.41) is 0. The molecule has 1 heterocycles. The molecule has 1 aliphatic heterocycles. The first-order valence-electron chi connectivity index (χ1n) is 5.66. The molecule has 0 saturated heterocycles. The van der Waals surface area contributed by atoms with Gasteiger partial charge in [0, 0.05) is 12.1 Å². The summed E-state index contributed by atoms with van der Waals surface area (Å²) < 4.78 is 0. The average molecular weight is 213 g/mol. The highest BCUT2D eigenvalue weighted by molar-refractivity contribution is 6.20. The summed E-state index contributed by atoms with van der Waals surface area (Å²) in [5.41, 5.74) is 3.20. The molecule has 0 aliphatic carbocycles. The van der Waals surface area contributed by atoms with Crippen LogP contribution in [-0.2, 0) is 12.0 Å². The molecule has 1 aliphatic rings. The zero-order valence-electron chi connectivity index (χ0n) is 10.1. The molecule has 0 saturated carbocycles. The largest absolute Gasteiger partial charge is 0.389 e. The predicted octanol–water partition coefficient (Wildman–Crippen LogP) is 2.41. The van der Waals surface area contributed by atoms with Crippen molar-refractivity contribution < 1.29 is 4.79 Å². The van der Waals surface area contributed by atoms with Crippen LogP contribution in [0.5, 0.6) is 0 Å². The molecule has 0 atom stereocenters. The van der Waals surface area contributed by atoms with Crippen molar-refractivity contribution in [3.63, 3.8) is 0 Å². The van der Waals surface area contributed by atoms with Crippen molar-refractivity contribution >= 4 is 13.9 Å². The Bertz CT molecular complexity index is 440. The van der Waals surface area contributed by atoms with Gasteiger partial charge in [0.1, 0.15) is 0 Å². The number of carbonyl (C=O) groups excluding carboxylic acids is 1. The van der Waals surface area contributed by atoms with Gasteiger partial charge in [0.25, 0.3) is 0 Å². The van der Waals surface area contributed by atoms with Crippen LogP contribution in [0.1, 0.15) is 48.7 Å². The zero-order valence-corrected chi connectivity index (χ0v) is 10.1. The van der Waals surface area contributed by atoms with Crippen molar-refractivity contribution in [1.82, 2.24) is 4.81 Å². The fraction of sp³-hybridized carbons (Fsp3) is 0.462. The molecule has 0 spiro atoms. The Hall–Kier alpha value is -1.25. The normalized spacial score (nSPS) is 15.4. The van der Waals surface area contributed by atoms with E-state index in [1.54, 1.807) is 0 Å². The Morgan fingerprint density at radius 1 is 1.44 bits per heavy atom. The summed E-state index contributed by atoms with van der Waals surface area (Å²) in [6.07, 6.45) is 1.04. The van der Waals surface area contributed by atoms with E-state index in [4.69, 9.17) is 7.98 Å². The van der Waals surface area contributed by atoms with Crippen LogP contribution in [0.4, 0.5) is 0 Å². The third-order valence-corrected chi connectivity index (χ3v) is 3.61. The number of hydrogen-bond donors (Lipinski definition) is 0. The van der Waals surface area contributed by atoms with Crippen molar-refractivity contribution in [2.24, 2.45) is 0 Å². The third-order valence-electron chi connectivity index (χ3n) is 3.61. The van der Waals surface area contributed by atoms with Crippen LogP contribution in [0.2, 0.25) is 0 Å². The first-order chi connectivity index (χ1) is 7.47. The highest BCUT2D eigenvalue weighted by Crippen LogP contribution is 2.34. The molecule has 2 rings (SSSR count). The smallest absolute Gasteiger partial charge is 0.241 e. The highest BCUT2D eigenvalue weighted by atomic mass is 16.2. The lowest BCUT2D eigenvalue weighted by Gasteiger charge is -2.26. The van der Waals surface area contributed by atoms with Crippen molar-refractivity contribution in [3.8, 4) is 0 Å². The summed E-state index contributed by atoms with van der Waals surface area (Å²) >= 11 is 0. The maximum Gasteiger partial charge on any atom is 0.241 e. The summed E-state index contributed by atoms with van der Waals surface area (Å²) in [5.74, 6) is -0.0660. The van der Waals surface area contributed by atoms with E-state index >= 15 is 0 Å². The monoisotopic (exact) mass is 213 g/mol. The minimum atomic E-state index is -0.0660. The topological polar surface area (TPSA) is 20.3 Å². The number of nitrogens with zero attached hydrogens (tertiary/aromatic N) is 1. The van der Waals surface area contributed by atoms with Gasteiger partial charge in [-0.05, 0) is 29.0 Å². The van der Waals surface area contributed by atoms with Crippen LogP contribution in [0.15, 0.2) is 18.2 Å². The Morgan fingerprint density at radius 3 is 2.75 bits per heavy atom. The van der Waals surface area contributed by atoms with Gasteiger partial charge in [0.15, 0.2) is 0 Å². The van der Waals surface area contributed by atoms with Gasteiger partial charge in [0.2, 0.25) is 13.9 Å². The number of fused-ring (bicyclic) bond motifs is 1. The summed E-state index contributed by atoms with van der Waals surface area (Å²) in [6, 6.07) is 5.91. The molecule has 16 heavy (non-hydrogen) atoms. The van der Waals surface area contributed by atoms with Crippen LogP contribution in [0.25, 0.3) is 0 Å². The van der Waals surface area contributed by atoms with Crippen molar-refractivity contribution in [2.45, 2.75) is 39.2 Å². The molecule has 1 aromatic rings. The quantitative estimate of drug-likeness (QED) is 0.691. The van der Waals surface area contributed by atoms with Gasteiger partial charge in [-0.15, -0.1) is 0 Å². The molecule has 2 radical (unpaired) electrons. The van der Waals surface area contributed by atoms with Crippen LogP contribution in [0, 0.1) is 0 Å². The predicted molar refractivity (Wildman–Crippen MR) is 65.4 cm³/mol. The van der Waals surface area contributed by atoms with E-state index in [0.29, 0.717) is 6.54 Å².